The third-order valence-electron chi connectivity index (χ3n) is 3.98. The van der Waals surface area contributed by atoms with Crippen LogP contribution in [-0.2, 0) is 12.4 Å². The Hall–Kier alpha value is -3.56. The molecule has 0 unspecified atom stereocenters. The molecule has 1 aromatic heterocycles. The van der Waals surface area contributed by atoms with Crippen LogP contribution in [0.1, 0.15) is 11.1 Å². The minimum Gasteiger partial charge on any atom is -0.449 e. The summed E-state index contributed by atoms with van der Waals surface area (Å²) < 4.78 is 82.6. The third kappa shape index (κ3) is 4.88. The fourth-order valence-corrected chi connectivity index (χ4v) is 2.67. The maximum atomic E-state index is 13.0. The number of carboxylic acid groups (broad SMARTS) is 1. The largest absolute Gasteiger partial charge is 0.511 e. The van der Waals surface area contributed by atoms with Gasteiger partial charge in [0.15, 0.2) is 0 Å². The molecule has 0 saturated carbocycles. The van der Waals surface area contributed by atoms with E-state index >= 15 is 0 Å². The number of hydrogen-bond acceptors (Lipinski definition) is 3. The van der Waals surface area contributed by atoms with E-state index in [0.29, 0.717) is 0 Å². The van der Waals surface area contributed by atoms with Crippen molar-refractivity contribution in [1.29, 1.82) is 0 Å². The SMILES string of the molecule is O=C(O)Oc1cc(-c2cccc(C(F)(F)F)c2)nc(-c2cccc(C(F)(F)F)c2)c1. The second-order valence-electron chi connectivity index (χ2n) is 6.10. The van der Waals surface area contributed by atoms with Crippen LogP contribution in [0.15, 0.2) is 60.7 Å². The molecule has 3 rings (SSSR count). The predicted octanol–water partition coefficient (Wildman–Crippen LogP) is 6.51. The van der Waals surface area contributed by atoms with Gasteiger partial charge in [-0.15, -0.1) is 0 Å². The molecule has 0 amide bonds. The summed E-state index contributed by atoms with van der Waals surface area (Å²) in [6.07, 6.45) is -11.0. The second kappa shape index (κ2) is 7.69. The minimum absolute atomic E-state index is 0.0195. The quantitative estimate of drug-likeness (QED) is 0.382. The number of benzene rings is 2. The number of alkyl halides is 6. The van der Waals surface area contributed by atoms with Gasteiger partial charge in [-0.05, 0) is 24.3 Å². The zero-order chi connectivity index (χ0) is 22.1. The lowest BCUT2D eigenvalue weighted by molar-refractivity contribution is -0.138. The summed E-state index contributed by atoms with van der Waals surface area (Å²) in [5.41, 5.74) is -2.18. The molecule has 1 N–H and O–H groups in total. The monoisotopic (exact) mass is 427 g/mol. The van der Waals surface area contributed by atoms with Crippen LogP contribution in [0, 0.1) is 0 Å². The number of aromatic nitrogens is 1. The number of halogens is 6. The summed E-state index contributed by atoms with van der Waals surface area (Å²) in [5, 5.41) is 8.85. The lowest BCUT2D eigenvalue weighted by Gasteiger charge is -2.12. The zero-order valence-corrected chi connectivity index (χ0v) is 14.8. The zero-order valence-electron chi connectivity index (χ0n) is 14.8. The Morgan fingerprint density at radius 1 is 0.767 bits per heavy atom. The molecule has 0 aliphatic carbocycles. The number of ether oxygens (including phenoxy) is 1. The van der Waals surface area contributed by atoms with Crippen LogP contribution in [-0.4, -0.2) is 16.2 Å². The molecule has 0 radical (unpaired) electrons. The molecule has 10 heteroatoms. The molecule has 30 heavy (non-hydrogen) atoms. The Kier molecular flexibility index (Phi) is 5.43. The van der Waals surface area contributed by atoms with E-state index in [-0.39, 0.29) is 28.3 Å². The molecular formula is C20H11F6NO3. The molecule has 156 valence electrons. The Bertz CT molecular complexity index is 1020. The van der Waals surface area contributed by atoms with Gasteiger partial charge in [-0.25, -0.2) is 9.78 Å². The molecule has 3 aromatic rings. The Labute approximate surface area is 165 Å². The molecule has 0 bridgehead atoms. The summed E-state index contributed by atoms with van der Waals surface area (Å²) in [7, 11) is 0. The Morgan fingerprint density at radius 2 is 1.20 bits per heavy atom. The number of hydrogen-bond donors (Lipinski definition) is 1. The molecule has 0 saturated heterocycles. The van der Waals surface area contributed by atoms with E-state index < -0.39 is 29.6 Å². The van der Waals surface area contributed by atoms with Crippen LogP contribution in [0.3, 0.4) is 0 Å². The van der Waals surface area contributed by atoms with Gasteiger partial charge in [0.05, 0.1) is 22.5 Å². The maximum absolute atomic E-state index is 13.0. The van der Waals surface area contributed by atoms with Crippen LogP contribution in [0.5, 0.6) is 5.75 Å². The minimum atomic E-state index is -4.63. The molecule has 0 aliphatic rings. The number of rotatable bonds is 3. The van der Waals surface area contributed by atoms with Crippen molar-refractivity contribution in [1.82, 2.24) is 4.98 Å². The van der Waals surface area contributed by atoms with Crippen molar-refractivity contribution < 1.29 is 41.0 Å². The summed E-state index contributed by atoms with van der Waals surface area (Å²) in [5.74, 6) is -0.308. The first-order valence-electron chi connectivity index (χ1n) is 8.21. The number of carbonyl (C=O) groups is 1. The highest BCUT2D eigenvalue weighted by Gasteiger charge is 2.31. The second-order valence-corrected chi connectivity index (χ2v) is 6.10. The molecule has 2 aromatic carbocycles. The molecule has 0 atom stereocenters. The van der Waals surface area contributed by atoms with Gasteiger partial charge < -0.3 is 9.84 Å². The van der Waals surface area contributed by atoms with E-state index in [0.717, 1.165) is 48.5 Å². The Morgan fingerprint density at radius 3 is 1.57 bits per heavy atom. The predicted molar refractivity (Wildman–Crippen MR) is 93.8 cm³/mol. The lowest BCUT2D eigenvalue weighted by Crippen LogP contribution is -2.06. The van der Waals surface area contributed by atoms with Crippen molar-refractivity contribution in [3.8, 4) is 28.3 Å². The van der Waals surface area contributed by atoms with E-state index in [1.165, 1.54) is 12.1 Å². The van der Waals surface area contributed by atoms with Gasteiger partial charge >= 0.3 is 18.5 Å². The summed E-state index contributed by atoms with van der Waals surface area (Å²) in [6.45, 7) is 0. The van der Waals surface area contributed by atoms with E-state index in [4.69, 9.17) is 5.11 Å². The topological polar surface area (TPSA) is 59.4 Å². The lowest BCUT2D eigenvalue weighted by atomic mass is 10.0. The number of nitrogens with zero attached hydrogens (tertiary/aromatic N) is 1. The third-order valence-corrected chi connectivity index (χ3v) is 3.98. The standard InChI is InChI=1S/C20H11F6NO3/c21-19(22,23)13-5-1-3-11(7-13)16-9-15(30-18(28)29)10-17(27-16)12-4-2-6-14(8-12)20(24,25)26/h1-10H,(H,28,29). The Balaban J connectivity index is 2.16. The first-order valence-corrected chi connectivity index (χ1v) is 8.21. The molecular weight excluding hydrogens is 416 g/mol. The van der Waals surface area contributed by atoms with Crippen LogP contribution in [0.25, 0.3) is 22.5 Å². The fraction of sp³-hybridized carbons (Fsp3) is 0.100. The van der Waals surface area contributed by atoms with E-state index in [1.807, 2.05) is 0 Å². The summed E-state index contributed by atoms with van der Waals surface area (Å²) in [6, 6.07) is 10.3. The van der Waals surface area contributed by atoms with Crippen molar-refractivity contribution in [3.05, 3.63) is 71.8 Å². The molecule has 4 nitrogen and oxygen atoms in total. The van der Waals surface area contributed by atoms with Crippen LogP contribution in [0.2, 0.25) is 0 Å². The van der Waals surface area contributed by atoms with Crippen molar-refractivity contribution in [2.24, 2.45) is 0 Å². The van der Waals surface area contributed by atoms with Gasteiger partial charge in [0.1, 0.15) is 5.75 Å². The van der Waals surface area contributed by atoms with E-state index in [1.54, 1.807) is 0 Å². The molecule has 0 aliphatic heterocycles. The first kappa shape index (κ1) is 21.2. The van der Waals surface area contributed by atoms with Gasteiger partial charge in [0.25, 0.3) is 0 Å². The molecule has 1 heterocycles. The van der Waals surface area contributed by atoms with E-state index in [2.05, 4.69) is 9.72 Å². The summed E-state index contributed by atoms with van der Waals surface area (Å²) >= 11 is 0. The van der Waals surface area contributed by atoms with Crippen LogP contribution >= 0.6 is 0 Å². The molecule has 0 fully saturated rings. The van der Waals surface area contributed by atoms with Crippen molar-refractivity contribution in [2.75, 3.05) is 0 Å². The van der Waals surface area contributed by atoms with Gasteiger partial charge in [0.2, 0.25) is 0 Å². The normalized spacial score (nSPS) is 11.9. The average Bonchev–Trinajstić information content (AvgIpc) is 2.66. The van der Waals surface area contributed by atoms with E-state index in [9.17, 15) is 31.1 Å². The number of pyridine rings is 1. The van der Waals surface area contributed by atoms with Gasteiger partial charge in [0, 0.05) is 23.3 Å². The van der Waals surface area contributed by atoms with Crippen molar-refractivity contribution in [3.63, 3.8) is 0 Å². The fourth-order valence-electron chi connectivity index (χ4n) is 2.67. The highest BCUT2D eigenvalue weighted by atomic mass is 19.4. The average molecular weight is 427 g/mol. The van der Waals surface area contributed by atoms with Gasteiger partial charge in [-0.2, -0.15) is 26.3 Å². The highest BCUT2D eigenvalue weighted by Crippen LogP contribution is 2.35. The van der Waals surface area contributed by atoms with Gasteiger partial charge in [-0.3, -0.25) is 0 Å². The van der Waals surface area contributed by atoms with Gasteiger partial charge in [-0.1, -0.05) is 24.3 Å². The van der Waals surface area contributed by atoms with Crippen molar-refractivity contribution >= 4 is 6.16 Å². The van der Waals surface area contributed by atoms with Crippen LogP contribution in [0.4, 0.5) is 31.1 Å². The van der Waals surface area contributed by atoms with Crippen molar-refractivity contribution in [2.45, 2.75) is 12.4 Å². The van der Waals surface area contributed by atoms with Crippen LogP contribution < -0.4 is 4.74 Å². The maximum Gasteiger partial charge on any atom is 0.511 e. The first-order chi connectivity index (χ1) is 13.9. The smallest absolute Gasteiger partial charge is 0.449 e. The highest BCUT2D eigenvalue weighted by molar-refractivity contribution is 5.71. The summed E-state index contributed by atoms with van der Waals surface area (Å²) in [4.78, 5) is 15.0. The molecule has 0 spiro atoms.